The quantitative estimate of drug-likeness (QED) is 0.113. The van der Waals surface area contributed by atoms with Gasteiger partial charge in [-0.15, -0.1) is 20.4 Å². The molecule has 0 unspecified atom stereocenters. The summed E-state index contributed by atoms with van der Waals surface area (Å²) in [5.41, 5.74) is -2.39. The minimum atomic E-state index is -1.82. The van der Waals surface area contributed by atoms with Gasteiger partial charge in [0, 0.05) is 32.0 Å². The van der Waals surface area contributed by atoms with Crippen LogP contribution >= 0.6 is 46.4 Å². The third kappa shape index (κ3) is 7.35. The van der Waals surface area contributed by atoms with Crippen molar-refractivity contribution in [2.75, 3.05) is 21.3 Å². The van der Waals surface area contributed by atoms with Crippen LogP contribution in [0.4, 0.5) is 32.9 Å². The second kappa shape index (κ2) is 14.3. The number of hydrogen-bond donors (Lipinski definition) is 6. The minimum Gasteiger partial charge on any atom is -0.308 e. The summed E-state index contributed by atoms with van der Waals surface area (Å²) in [6.07, 6.45) is 0. The molecule has 7 rings (SSSR count). The summed E-state index contributed by atoms with van der Waals surface area (Å²) < 4.78 is 1.91. The fourth-order valence-corrected chi connectivity index (χ4v) is 5.66. The first-order valence-electron chi connectivity index (χ1n) is 14.8. The fourth-order valence-electron chi connectivity index (χ4n) is 4.91. The van der Waals surface area contributed by atoms with Gasteiger partial charge >= 0.3 is 12.1 Å². The van der Waals surface area contributed by atoms with Crippen LogP contribution in [0.2, 0.25) is 20.1 Å². The van der Waals surface area contributed by atoms with Crippen molar-refractivity contribution < 1.29 is 14.4 Å². The van der Waals surface area contributed by atoms with Crippen LogP contribution in [0.15, 0.2) is 76.3 Å². The molecule has 0 spiro atoms. The average Bonchev–Trinajstić information content (AvgIpc) is 3.69. The number of aromatic nitrogens is 10. The molecule has 23 heteroatoms. The molecule has 6 N–H and O–H groups in total. The summed E-state index contributed by atoms with van der Waals surface area (Å²) in [5, 5.41) is 31.4. The molecular formula is C30H18Cl4N14O5. The first kappa shape index (κ1) is 35.0. The van der Waals surface area contributed by atoms with Gasteiger partial charge in [0.1, 0.15) is 17.3 Å². The van der Waals surface area contributed by atoms with E-state index in [1.807, 2.05) is 0 Å². The molecule has 0 aliphatic heterocycles. The number of ketones is 1. The van der Waals surface area contributed by atoms with Crippen molar-refractivity contribution in [3.05, 3.63) is 124 Å². The van der Waals surface area contributed by atoms with Crippen molar-refractivity contribution in [1.29, 1.82) is 0 Å². The van der Waals surface area contributed by atoms with Gasteiger partial charge in [-0.1, -0.05) is 46.4 Å². The van der Waals surface area contributed by atoms with Crippen LogP contribution in [0, 0.1) is 0 Å². The van der Waals surface area contributed by atoms with Crippen molar-refractivity contribution in [3.8, 4) is 0 Å². The van der Waals surface area contributed by atoms with Crippen LogP contribution in [0.3, 0.4) is 0 Å². The molecule has 0 radical (unpaired) electrons. The summed E-state index contributed by atoms with van der Waals surface area (Å²) in [6.45, 7) is 0. The van der Waals surface area contributed by atoms with Gasteiger partial charge in [-0.05, 0) is 66.7 Å². The largest absolute Gasteiger partial charge is 0.326 e. The van der Waals surface area contributed by atoms with Crippen LogP contribution in [0.1, 0.15) is 27.7 Å². The highest BCUT2D eigenvalue weighted by atomic mass is 35.5. The molecule has 4 heterocycles. The Labute approximate surface area is 313 Å². The average molecular weight is 796 g/mol. The van der Waals surface area contributed by atoms with Crippen LogP contribution in [0.25, 0.3) is 11.6 Å². The molecule has 0 atom stereocenters. The lowest BCUT2D eigenvalue weighted by atomic mass is 9.91. The molecule has 7 aromatic rings. The molecule has 4 amide bonds. The summed E-state index contributed by atoms with van der Waals surface area (Å²) in [5.74, 6) is -3.74. The number of amides is 4. The summed E-state index contributed by atoms with van der Waals surface area (Å²) in [7, 11) is 0. The van der Waals surface area contributed by atoms with E-state index in [0.717, 1.165) is 9.03 Å². The smallest absolute Gasteiger partial charge is 0.308 e. The number of hydrogen-bond acceptors (Lipinski definition) is 11. The maximum absolute atomic E-state index is 14.2. The van der Waals surface area contributed by atoms with Crippen LogP contribution < -0.4 is 32.4 Å². The Kier molecular flexibility index (Phi) is 9.45. The van der Waals surface area contributed by atoms with Gasteiger partial charge in [0.2, 0.25) is 0 Å². The van der Waals surface area contributed by atoms with E-state index in [9.17, 15) is 24.0 Å². The Balaban J connectivity index is 1.25. The second-order valence-corrected chi connectivity index (χ2v) is 12.5. The highest BCUT2D eigenvalue weighted by Gasteiger charge is 2.35. The van der Waals surface area contributed by atoms with Gasteiger partial charge in [-0.2, -0.15) is 9.03 Å². The number of anilines is 4. The van der Waals surface area contributed by atoms with Crippen molar-refractivity contribution in [2.24, 2.45) is 0 Å². The van der Waals surface area contributed by atoms with Gasteiger partial charge in [0.15, 0.2) is 5.78 Å². The van der Waals surface area contributed by atoms with E-state index >= 15 is 0 Å². The molecule has 3 aromatic carbocycles. The third-order valence-electron chi connectivity index (χ3n) is 7.29. The van der Waals surface area contributed by atoms with Crippen molar-refractivity contribution >= 4 is 99.1 Å². The number of halogens is 4. The fraction of sp³-hybridized carbons (Fsp3) is 0.0333. The maximum Gasteiger partial charge on any atom is 0.326 e. The van der Waals surface area contributed by atoms with Crippen LogP contribution in [-0.4, -0.2) is 67.4 Å². The van der Waals surface area contributed by atoms with Gasteiger partial charge in [-0.3, -0.25) is 35.2 Å². The predicted octanol–water partition coefficient (Wildman–Crippen LogP) is 4.86. The van der Waals surface area contributed by atoms with Crippen LogP contribution in [0.5, 0.6) is 0 Å². The molecule has 266 valence electrons. The minimum absolute atomic E-state index is 0.0937. The molecule has 0 saturated heterocycles. The number of H-pyrrole nitrogens is 2. The lowest BCUT2D eigenvalue weighted by molar-refractivity contribution is 0.0970. The number of urea groups is 2. The first-order chi connectivity index (χ1) is 25.4. The lowest BCUT2D eigenvalue weighted by Crippen LogP contribution is -2.33. The second-order valence-electron chi connectivity index (χ2n) is 10.8. The zero-order chi connectivity index (χ0) is 37.4. The predicted molar refractivity (Wildman–Crippen MR) is 194 cm³/mol. The van der Waals surface area contributed by atoms with Crippen molar-refractivity contribution in [1.82, 2.24) is 49.6 Å². The zero-order valence-corrected chi connectivity index (χ0v) is 29.1. The van der Waals surface area contributed by atoms with Gasteiger partial charge < -0.3 is 10.6 Å². The molecule has 0 saturated carbocycles. The van der Waals surface area contributed by atoms with E-state index in [0.29, 0.717) is 21.4 Å². The number of nitrogens with one attached hydrogen (secondary N) is 6. The number of carbonyl (C=O) groups is 3. The molecule has 53 heavy (non-hydrogen) atoms. The molecular weight excluding hydrogens is 778 g/mol. The number of rotatable bonds is 8. The van der Waals surface area contributed by atoms with E-state index in [1.165, 1.54) is 18.2 Å². The Bertz CT molecular complexity index is 2540. The molecule has 0 bridgehead atoms. The van der Waals surface area contributed by atoms with Gasteiger partial charge in [0.05, 0.1) is 5.02 Å². The molecule has 4 aromatic heterocycles. The monoisotopic (exact) mass is 794 g/mol. The van der Waals surface area contributed by atoms with E-state index < -0.39 is 46.3 Å². The standard InChI is InChI=1S/C30H18Cl4N14O5/c31-12-1-6-15(7-2-12)35-29(52)39-27-43-41-25-37-20(23(50)45-47(25)27)19(22(49)17-10-5-14(33)11-18(17)34)21-24(51)46-48-26(38-21)42-44-28(48)40-30(53)36-16-8-3-13(32)4-9-16/h1-11,19H,(H,45,50)(H,46,51)(H2,35,39,43,52)(H2,36,40,44,53). The topological polar surface area (TPSA) is 251 Å². The van der Waals surface area contributed by atoms with E-state index in [1.54, 1.807) is 48.5 Å². The Hall–Kier alpha value is -6.41. The number of fused-ring (bicyclic) bond motifs is 2. The normalized spacial score (nSPS) is 11.2. The molecule has 0 aliphatic rings. The maximum atomic E-state index is 14.2. The zero-order valence-electron chi connectivity index (χ0n) is 26.1. The summed E-state index contributed by atoms with van der Waals surface area (Å²) >= 11 is 24.2. The Morgan fingerprint density at radius 3 is 1.45 bits per heavy atom. The number of nitrogens with zero attached hydrogens (tertiary/aromatic N) is 8. The van der Waals surface area contributed by atoms with Crippen molar-refractivity contribution in [3.63, 3.8) is 0 Å². The summed E-state index contributed by atoms with van der Waals surface area (Å²) in [6, 6.07) is 15.0. The number of aromatic amines is 2. The van der Waals surface area contributed by atoms with Gasteiger partial charge in [0.25, 0.3) is 34.6 Å². The molecule has 0 fully saturated rings. The van der Waals surface area contributed by atoms with E-state index in [2.05, 4.69) is 61.8 Å². The van der Waals surface area contributed by atoms with Crippen molar-refractivity contribution in [2.45, 2.75) is 5.92 Å². The van der Waals surface area contributed by atoms with Gasteiger partial charge in [-0.25, -0.2) is 19.6 Å². The molecule has 19 nitrogen and oxygen atoms in total. The number of benzene rings is 3. The lowest BCUT2D eigenvalue weighted by Gasteiger charge is -2.15. The SMILES string of the molecule is O=C(Nc1ccc(Cl)cc1)Nc1nnc2nc(C(C(=O)c3ccc(Cl)cc3Cl)c3nc4nnc(NC(=O)Nc5ccc(Cl)cc5)n4[nH]c3=O)c(=O)[nH]n12. The molecule has 0 aliphatic carbocycles. The highest BCUT2D eigenvalue weighted by molar-refractivity contribution is 6.37. The number of carbonyl (C=O) groups excluding carboxylic acids is 3. The highest BCUT2D eigenvalue weighted by Crippen LogP contribution is 2.29. The van der Waals surface area contributed by atoms with Crippen LogP contribution in [-0.2, 0) is 0 Å². The third-order valence-corrected chi connectivity index (χ3v) is 8.34. The Morgan fingerprint density at radius 2 is 1.02 bits per heavy atom. The Morgan fingerprint density at radius 1 is 0.585 bits per heavy atom. The van der Waals surface area contributed by atoms with E-state index in [-0.39, 0.29) is 39.1 Å². The first-order valence-corrected chi connectivity index (χ1v) is 16.3. The number of Topliss-reactive ketones (excluding diaryl/α,β-unsaturated/α-hetero) is 1. The van der Waals surface area contributed by atoms with E-state index in [4.69, 9.17) is 46.4 Å². The summed E-state index contributed by atoms with van der Waals surface area (Å²) in [4.78, 5) is 75.3.